The van der Waals surface area contributed by atoms with E-state index >= 15 is 0 Å². The van der Waals surface area contributed by atoms with Crippen molar-refractivity contribution in [1.82, 2.24) is 0 Å². The number of rotatable bonds is 7. The molecule has 4 atom stereocenters. The molecule has 2 aromatic rings. The summed E-state index contributed by atoms with van der Waals surface area (Å²) in [6.45, 7) is 2.43. The van der Waals surface area contributed by atoms with Crippen molar-refractivity contribution in [2.24, 2.45) is 5.92 Å². The average Bonchev–Trinajstić information content (AvgIpc) is 2.78. The minimum atomic E-state index is -2.07. The molecule has 0 aliphatic carbocycles. The molecule has 170 valence electrons. The van der Waals surface area contributed by atoms with E-state index in [1.54, 1.807) is 18.2 Å². The number of hydrogen-bond donors (Lipinski definition) is 5. The Hall–Kier alpha value is -1.71. The number of ether oxygens (including phenoxy) is 2. The molecular weight excluding hydrogens is 424 g/mol. The summed E-state index contributed by atoms with van der Waals surface area (Å²) in [7, 11) is 0. The van der Waals surface area contributed by atoms with Crippen LogP contribution in [0.2, 0.25) is 5.02 Å². The predicted molar refractivity (Wildman–Crippen MR) is 115 cm³/mol. The maximum absolute atomic E-state index is 11.4. The molecule has 0 spiro atoms. The third kappa shape index (κ3) is 4.45. The first-order valence-electron chi connectivity index (χ1n) is 10.2. The van der Waals surface area contributed by atoms with Crippen molar-refractivity contribution in [3.63, 3.8) is 0 Å². The highest BCUT2D eigenvalue weighted by Crippen LogP contribution is 2.45. The minimum absolute atomic E-state index is 0.294. The Morgan fingerprint density at radius 2 is 1.71 bits per heavy atom. The molecule has 2 aromatic carbocycles. The molecule has 1 fully saturated rings. The van der Waals surface area contributed by atoms with Gasteiger partial charge in [0.15, 0.2) is 5.79 Å². The smallest absolute Gasteiger partial charge is 0.198 e. The lowest BCUT2D eigenvalue weighted by Gasteiger charge is -2.52. The molecule has 1 unspecified atom stereocenters. The fourth-order valence-corrected chi connectivity index (χ4v) is 4.11. The van der Waals surface area contributed by atoms with Crippen LogP contribution in [0.4, 0.5) is 0 Å². The van der Waals surface area contributed by atoms with E-state index in [0.717, 1.165) is 11.3 Å². The maximum atomic E-state index is 11.4. The summed E-state index contributed by atoms with van der Waals surface area (Å²) in [5, 5.41) is 52.3. The first kappa shape index (κ1) is 23.9. The zero-order valence-electron chi connectivity index (χ0n) is 17.5. The predicted octanol–water partition coefficient (Wildman–Crippen LogP) is 1.59. The van der Waals surface area contributed by atoms with Gasteiger partial charge in [0.1, 0.15) is 17.5 Å². The molecule has 0 radical (unpaired) electrons. The van der Waals surface area contributed by atoms with Crippen molar-refractivity contribution in [3.8, 4) is 5.75 Å². The fraction of sp³-hybridized carbons (Fsp3) is 0.478. The molecule has 1 saturated heterocycles. The average molecular weight is 453 g/mol. The normalized spacial score (nSPS) is 27.8. The van der Waals surface area contributed by atoms with Gasteiger partial charge < -0.3 is 35.0 Å². The highest BCUT2D eigenvalue weighted by atomic mass is 35.5. The van der Waals surface area contributed by atoms with E-state index in [1.165, 1.54) is 6.92 Å². The van der Waals surface area contributed by atoms with Crippen LogP contribution < -0.4 is 4.74 Å². The van der Waals surface area contributed by atoms with Gasteiger partial charge in [-0.25, -0.2) is 0 Å². The summed E-state index contributed by atoms with van der Waals surface area (Å²) >= 11 is 6.39. The van der Waals surface area contributed by atoms with Crippen LogP contribution in [0.3, 0.4) is 0 Å². The maximum Gasteiger partial charge on any atom is 0.198 e. The van der Waals surface area contributed by atoms with Gasteiger partial charge >= 0.3 is 0 Å². The highest BCUT2D eigenvalue weighted by molar-refractivity contribution is 6.31. The van der Waals surface area contributed by atoms with Gasteiger partial charge in [-0.2, -0.15) is 0 Å². The number of aliphatic hydroxyl groups excluding tert-OH is 4. The van der Waals surface area contributed by atoms with E-state index in [9.17, 15) is 25.5 Å². The third-order valence-corrected chi connectivity index (χ3v) is 6.34. The van der Waals surface area contributed by atoms with E-state index in [1.807, 2.05) is 31.2 Å². The summed E-state index contributed by atoms with van der Waals surface area (Å²) in [4.78, 5) is 0. The van der Waals surface area contributed by atoms with Crippen molar-refractivity contribution in [2.45, 2.75) is 43.9 Å². The molecule has 8 heteroatoms. The summed E-state index contributed by atoms with van der Waals surface area (Å²) in [5.74, 6) is -2.25. The minimum Gasteiger partial charge on any atom is -0.494 e. The second kappa shape index (κ2) is 9.42. The van der Waals surface area contributed by atoms with Crippen LogP contribution in [0.1, 0.15) is 30.5 Å². The Balaban J connectivity index is 1.95. The van der Waals surface area contributed by atoms with Crippen molar-refractivity contribution in [3.05, 3.63) is 64.2 Å². The van der Waals surface area contributed by atoms with Gasteiger partial charge in [0.2, 0.25) is 0 Å². The van der Waals surface area contributed by atoms with E-state index < -0.39 is 42.7 Å². The molecule has 7 nitrogen and oxygen atoms in total. The highest BCUT2D eigenvalue weighted by Gasteiger charge is 2.59. The summed E-state index contributed by atoms with van der Waals surface area (Å²) in [6, 6.07) is 12.4. The standard InChI is InChI=1S/C23H29ClO7/c1-3-30-18-7-4-15(5-8-18)10-16-11-17(6-9-19(16)24)23(29)14(2)20(27)21(28)22(12-25,13-26)31-23/h4-9,11,14,20-21,25-29H,3,10,12-13H2,1-2H3/t14-,20-,21+,23?/m1/s1. The van der Waals surface area contributed by atoms with E-state index in [-0.39, 0.29) is 0 Å². The monoisotopic (exact) mass is 452 g/mol. The largest absolute Gasteiger partial charge is 0.494 e. The molecule has 0 amide bonds. The molecule has 0 saturated carbocycles. The van der Waals surface area contributed by atoms with Gasteiger partial charge in [0.05, 0.1) is 25.9 Å². The first-order chi connectivity index (χ1) is 14.7. The second-order valence-corrected chi connectivity index (χ2v) is 8.37. The van der Waals surface area contributed by atoms with E-state index in [4.69, 9.17) is 21.1 Å². The molecule has 0 aromatic heterocycles. The van der Waals surface area contributed by atoms with Gasteiger partial charge in [-0.3, -0.25) is 0 Å². The quantitative estimate of drug-likeness (QED) is 0.432. The molecule has 1 aliphatic heterocycles. The fourth-order valence-electron chi connectivity index (χ4n) is 3.93. The third-order valence-electron chi connectivity index (χ3n) is 5.97. The van der Waals surface area contributed by atoms with Gasteiger partial charge in [-0.05, 0) is 48.7 Å². The Morgan fingerprint density at radius 3 is 2.29 bits per heavy atom. The zero-order chi connectivity index (χ0) is 22.8. The molecule has 31 heavy (non-hydrogen) atoms. The van der Waals surface area contributed by atoms with Crippen LogP contribution in [0.25, 0.3) is 0 Å². The Kier molecular flexibility index (Phi) is 7.28. The Morgan fingerprint density at radius 1 is 1.06 bits per heavy atom. The molecular formula is C23H29ClO7. The molecule has 3 rings (SSSR count). The van der Waals surface area contributed by atoms with Crippen molar-refractivity contribution >= 4 is 11.6 Å². The number of hydrogen-bond acceptors (Lipinski definition) is 7. The SMILES string of the molecule is CCOc1ccc(Cc2cc(C3(O)OC(CO)(CO)[C@@H](O)[C@H](O)[C@H]3C)ccc2Cl)cc1. The lowest BCUT2D eigenvalue weighted by atomic mass is 9.77. The number of halogens is 1. The van der Waals surface area contributed by atoms with Crippen LogP contribution in [-0.2, 0) is 16.9 Å². The van der Waals surface area contributed by atoms with Crippen LogP contribution in [0, 0.1) is 5.92 Å². The Bertz CT molecular complexity index is 884. The van der Waals surface area contributed by atoms with Crippen LogP contribution >= 0.6 is 11.6 Å². The van der Waals surface area contributed by atoms with E-state index in [0.29, 0.717) is 29.2 Å². The first-order valence-corrected chi connectivity index (χ1v) is 10.6. The van der Waals surface area contributed by atoms with Crippen molar-refractivity contribution in [2.75, 3.05) is 19.8 Å². The van der Waals surface area contributed by atoms with Crippen LogP contribution in [-0.4, -0.2) is 63.2 Å². The molecule has 5 N–H and O–H groups in total. The van der Waals surface area contributed by atoms with Crippen LogP contribution in [0.5, 0.6) is 5.75 Å². The van der Waals surface area contributed by atoms with Crippen molar-refractivity contribution < 1.29 is 35.0 Å². The van der Waals surface area contributed by atoms with Gasteiger partial charge in [-0.1, -0.05) is 36.7 Å². The lowest BCUT2D eigenvalue weighted by molar-refractivity contribution is -0.382. The summed E-state index contributed by atoms with van der Waals surface area (Å²) in [6.07, 6.45) is -2.54. The second-order valence-electron chi connectivity index (χ2n) is 7.96. The van der Waals surface area contributed by atoms with Gasteiger partial charge in [0.25, 0.3) is 0 Å². The number of benzene rings is 2. The number of aliphatic hydroxyl groups is 5. The summed E-state index contributed by atoms with van der Waals surface area (Å²) < 4.78 is 11.2. The topological polar surface area (TPSA) is 120 Å². The Labute approximate surface area is 186 Å². The molecule has 1 heterocycles. The summed E-state index contributed by atoms with van der Waals surface area (Å²) in [5.41, 5.74) is 0.0622. The van der Waals surface area contributed by atoms with E-state index in [2.05, 4.69) is 0 Å². The van der Waals surface area contributed by atoms with Gasteiger partial charge in [-0.15, -0.1) is 0 Å². The van der Waals surface area contributed by atoms with Crippen molar-refractivity contribution in [1.29, 1.82) is 0 Å². The molecule has 1 aliphatic rings. The molecule has 0 bridgehead atoms. The van der Waals surface area contributed by atoms with Crippen LogP contribution in [0.15, 0.2) is 42.5 Å². The zero-order valence-corrected chi connectivity index (χ0v) is 18.3. The van der Waals surface area contributed by atoms with Gasteiger partial charge in [0, 0.05) is 16.5 Å². The lowest BCUT2D eigenvalue weighted by Crippen LogP contribution is -2.68.